The summed E-state index contributed by atoms with van der Waals surface area (Å²) in [7, 11) is 0. The number of nitrogen functional groups attached to an aromatic ring is 1. The van der Waals surface area contributed by atoms with Crippen LogP contribution >= 0.6 is 0 Å². The minimum Gasteiger partial charge on any atom is -0.388 e. The first-order valence-electron chi connectivity index (χ1n) is 7.84. The summed E-state index contributed by atoms with van der Waals surface area (Å²) in [4.78, 5) is 17.4. The van der Waals surface area contributed by atoms with E-state index in [1.54, 1.807) is 18.2 Å². The number of anilines is 3. The van der Waals surface area contributed by atoms with Gasteiger partial charge in [-0.2, -0.15) is 15.0 Å². The van der Waals surface area contributed by atoms with E-state index in [9.17, 15) is 4.39 Å². The standard InChI is InChI=1S/C18H17FN6O/c1-12-6-8-14(9-7-12)22-18-24-16(23-17(20)25-18)11-26-21-10-13-4-2-3-5-15(13)19/h2-10H,11H2,1H3,(H3,20,22,23,24,25)/b21-10-. The van der Waals surface area contributed by atoms with E-state index in [0.717, 1.165) is 11.3 Å². The van der Waals surface area contributed by atoms with Gasteiger partial charge in [-0.15, -0.1) is 0 Å². The third-order valence-corrected chi connectivity index (χ3v) is 3.37. The van der Waals surface area contributed by atoms with E-state index in [-0.39, 0.29) is 18.4 Å². The van der Waals surface area contributed by atoms with Gasteiger partial charge >= 0.3 is 0 Å². The van der Waals surface area contributed by atoms with E-state index in [1.165, 1.54) is 12.3 Å². The zero-order valence-electron chi connectivity index (χ0n) is 14.1. The van der Waals surface area contributed by atoms with E-state index >= 15 is 0 Å². The Morgan fingerprint density at radius 3 is 2.65 bits per heavy atom. The maximum Gasteiger partial charge on any atom is 0.232 e. The van der Waals surface area contributed by atoms with Gasteiger partial charge in [-0.05, 0) is 25.1 Å². The molecule has 0 aliphatic carbocycles. The van der Waals surface area contributed by atoms with Gasteiger partial charge in [-0.25, -0.2) is 4.39 Å². The van der Waals surface area contributed by atoms with E-state index in [1.807, 2.05) is 31.2 Å². The van der Waals surface area contributed by atoms with E-state index in [4.69, 9.17) is 10.6 Å². The summed E-state index contributed by atoms with van der Waals surface area (Å²) in [5.41, 5.74) is 8.00. The van der Waals surface area contributed by atoms with Crippen molar-refractivity contribution in [2.45, 2.75) is 13.5 Å². The second-order valence-electron chi connectivity index (χ2n) is 5.45. The van der Waals surface area contributed by atoms with E-state index in [0.29, 0.717) is 17.3 Å². The Morgan fingerprint density at radius 2 is 1.88 bits per heavy atom. The molecule has 0 fully saturated rings. The monoisotopic (exact) mass is 352 g/mol. The third-order valence-electron chi connectivity index (χ3n) is 3.37. The molecule has 1 heterocycles. The van der Waals surface area contributed by atoms with Crippen molar-refractivity contribution in [3.05, 3.63) is 71.3 Å². The maximum absolute atomic E-state index is 13.5. The number of nitrogens with one attached hydrogen (secondary N) is 1. The second kappa shape index (κ2) is 8.02. The predicted molar refractivity (Wildman–Crippen MR) is 97.5 cm³/mol. The molecule has 0 radical (unpaired) electrons. The molecule has 0 saturated heterocycles. The fraction of sp³-hybridized carbons (Fsp3) is 0.111. The molecule has 7 nitrogen and oxygen atoms in total. The lowest BCUT2D eigenvalue weighted by Crippen LogP contribution is -2.07. The molecule has 0 aliphatic heterocycles. The second-order valence-corrected chi connectivity index (χ2v) is 5.45. The molecular weight excluding hydrogens is 335 g/mol. The highest BCUT2D eigenvalue weighted by Gasteiger charge is 2.06. The number of hydrogen-bond donors (Lipinski definition) is 2. The normalized spacial score (nSPS) is 10.8. The zero-order valence-corrected chi connectivity index (χ0v) is 14.1. The van der Waals surface area contributed by atoms with Gasteiger partial charge < -0.3 is 15.9 Å². The summed E-state index contributed by atoms with van der Waals surface area (Å²) in [6.45, 7) is 1.97. The summed E-state index contributed by atoms with van der Waals surface area (Å²) < 4.78 is 13.5. The van der Waals surface area contributed by atoms with Crippen LogP contribution in [0.2, 0.25) is 0 Å². The van der Waals surface area contributed by atoms with Gasteiger partial charge in [0.2, 0.25) is 11.9 Å². The fourth-order valence-electron chi connectivity index (χ4n) is 2.09. The molecule has 0 atom stereocenters. The van der Waals surface area contributed by atoms with Crippen molar-refractivity contribution >= 4 is 23.8 Å². The molecule has 2 aromatic carbocycles. The summed E-state index contributed by atoms with van der Waals surface area (Å²) in [6, 6.07) is 14.0. The molecule has 132 valence electrons. The SMILES string of the molecule is Cc1ccc(Nc2nc(N)nc(CO/N=C\c3ccccc3F)n2)cc1. The van der Waals surface area contributed by atoms with Gasteiger partial charge in [-0.1, -0.05) is 41.1 Å². The highest BCUT2D eigenvalue weighted by atomic mass is 19.1. The zero-order chi connectivity index (χ0) is 18.4. The molecule has 3 rings (SSSR count). The van der Waals surface area contributed by atoms with Crippen molar-refractivity contribution in [1.82, 2.24) is 15.0 Å². The Balaban J connectivity index is 1.64. The van der Waals surface area contributed by atoms with Crippen LogP contribution in [0.1, 0.15) is 17.0 Å². The first-order valence-corrected chi connectivity index (χ1v) is 7.84. The van der Waals surface area contributed by atoms with Crippen LogP contribution in [0.3, 0.4) is 0 Å². The van der Waals surface area contributed by atoms with Crippen molar-refractivity contribution in [2.24, 2.45) is 5.16 Å². The molecule has 1 aromatic heterocycles. The molecule has 0 spiro atoms. The third kappa shape index (κ3) is 4.73. The molecule has 26 heavy (non-hydrogen) atoms. The quantitative estimate of drug-likeness (QED) is 0.522. The van der Waals surface area contributed by atoms with Crippen LogP contribution in [0.25, 0.3) is 0 Å². The van der Waals surface area contributed by atoms with Gasteiger partial charge in [-0.3, -0.25) is 0 Å². The lowest BCUT2D eigenvalue weighted by atomic mass is 10.2. The fourth-order valence-corrected chi connectivity index (χ4v) is 2.09. The molecule has 0 unspecified atom stereocenters. The van der Waals surface area contributed by atoms with Crippen molar-refractivity contribution < 1.29 is 9.23 Å². The van der Waals surface area contributed by atoms with Crippen molar-refractivity contribution in [2.75, 3.05) is 11.1 Å². The van der Waals surface area contributed by atoms with Crippen LogP contribution in [0.5, 0.6) is 0 Å². The Morgan fingerprint density at radius 1 is 1.12 bits per heavy atom. The van der Waals surface area contributed by atoms with Crippen molar-refractivity contribution in [3.8, 4) is 0 Å². The smallest absolute Gasteiger partial charge is 0.232 e. The number of nitrogens with two attached hydrogens (primary N) is 1. The summed E-state index contributed by atoms with van der Waals surface area (Å²) in [6.07, 6.45) is 1.28. The van der Waals surface area contributed by atoms with Gasteiger partial charge in [0.25, 0.3) is 0 Å². The van der Waals surface area contributed by atoms with Crippen molar-refractivity contribution in [3.63, 3.8) is 0 Å². The molecule has 3 N–H and O–H groups in total. The highest BCUT2D eigenvalue weighted by molar-refractivity contribution is 5.79. The van der Waals surface area contributed by atoms with Crippen LogP contribution < -0.4 is 11.1 Å². The predicted octanol–water partition coefficient (Wildman–Crippen LogP) is 3.20. The Kier molecular flexibility index (Phi) is 5.33. The van der Waals surface area contributed by atoms with Gasteiger partial charge in [0.15, 0.2) is 12.4 Å². The van der Waals surface area contributed by atoms with Crippen LogP contribution in [0, 0.1) is 12.7 Å². The number of hydrogen-bond acceptors (Lipinski definition) is 7. The first-order chi connectivity index (χ1) is 12.6. The number of aryl methyl sites for hydroxylation is 1. The maximum atomic E-state index is 13.5. The minimum atomic E-state index is -0.381. The average molecular weight is 352 g/mol. The van der Waals surface area contributed by atoms with Crippen molar-refractivity contribution in [1.29, 1.82) is 0 Å². The van der Waals surface area contributed by atoms with Crippen LogP contribution in [0.4, 0.5) is 22.0 Å². The minimum absolute atomic E-state index is 0.0275. The van der Waals surface area contributed by atoms with Crippen LogP contribution in [0.15, 0.2) is 53.7 Å². The molecule has 0 bridgehead atoms. The topological polar surface area (TPSA) is 98.3 Å². The van der Waals surface area contributed by atoms with Crippen LogP contribution in [-0.2, 0) is 11.4 Å². The molecule has 0 aliphatic rings. The van der Waals surface area contributed by atoms with E-state index < -0.39 is 0 Å². The number of halogens is 1. The van der Waals surface area contributed by atoms with E-state index in [2.05, 4.69) is 25.4 Å². The molecule has 0 saturated carbocycles. The molecule has 0 amide bonds. The number of rotatable bonds is 6. The molecule has 8 heteroatoms. The average Bonchev–Trinajstić information content (AvgIpc) is 2.62. The number of nitrogens with zero attached hydrogens (tertiary/aromatic N) is 4. The number of oxime groups is 1. The first kappa shape index (κ1) is 17.3. The number of benzene rings is 2. The van der Waals surface area contributed by atoms with Gasteiger partial charge in [0.1, 0.15) is 5.82 Å². The largest absolute Gasteiger partial charge is 0.388 e. The lowest BCUT2D eigenvalue weighted by Gasteiger charge is -2.07. The summed E-state index contributed by atoms with van der Waals surface area (Å²) in [5.74, 6) is 0.288. The highest BCUT2D eigenvalue weighted by Crippen LogP contribution is 2.14. The Bertz CT molecular complexity index is 914. The Labute approximate surface area is 149 Å². The Hall–Kier alpha value is -3.55. The summed E-state index contributed by atoms with van der Waals surface area (Å²) >= 11 is 0. The molecular formula is C18H17FN6O. The van der Waals surface area contributed by atoms with Gasteiger partial charge in [0, 0.05) is 11.3 Å². The number of aromatic nitrogens is 3. The molecule has 3 aromatic rings. The van der Waals surface area contributed by atoms with Gasteiger partial charge in [0.05, 0.1) is 6.21 Å². The lowest BCUT2D eigenvalue weighted by molar-refractivity contribution is 0.126. The van der Waals surface area contributed by atoms with Crippen LogP contribution in [-0.4, -0.2) is 21.2 Å². The summed E-state index contributed by atoms with van der Waals surface area (Å²) in [5, 5.41) is 6.77.